The van der Waals surface area contributed by atoms with Crippen LogP contribution in [0.5, 0.6) is 17.2 Å². The van der Waals surface area contributed by atoms with Crippen molar-refractivity contribution in [3.05, 3.63) is 99.2 Å². The lowest BCUT2D eigenvalue weighted by atomic mass is 10.1. The number of hydrogen-bond donors (Lipinski definition) is 0. The average molecular weight is 531 g/mol. The third-order valence-corrected chi connectivity index (χ3v) is 5.55. The van der Waals surface area contributed by atoms with E-state index >= 15 is 0 Å². The van der Waals surface area contributed by atoms with Gasteiger partial charge < -0.3 is 18.9 Å². The summed E-state index contributed by atoms with van der Waals surface area (Å²) in [5.41, 5.74) is 1.08. The van der Waals surface area contributed by atoms with E-state index in [1.165, 1.54) is 30.3 Å². The summed E-state index contributed by atoms with van der Waals surface area (Å²) in [6.45, 7) is 4.77. The van der Waals surface area contributed by atoms with Crippen LogP contribution >= 0.6 is 0 Å². The van der Waals surface area contributed by atoms with E-state index < -0.39 is 16.9 Å². The Balaban J connectivity index is 1.52. The maximum Gasteiger partial charge on any atom is 0.363 e. The zero-order chi connectivity index (χ0) is 27.8. The number of carbonyl (C=O) groups excluding carboxylic acids is 2. The highest BCUT2D eigenvalue weighted by atomic mass is 16.6. The van der Waals surface area contributed by atoms with Crippen molar-refractivity contribution in [2.75, 3.05) is 13.2 Å². The zero-order valence-electron chi connectivity index (χ0n) is 21.4. The second kappa shape index (κ2) is 12.5. The highest BCUT2D eigenvalue weighted by Gasteiger charge is 2.24. The maximum atomic E-state index is 12.6. The molecule has 0 unspecified atom stereocenters. The molecule has 10 heteroatoms. The number of non-ortho nitro benzene ring substituents is 1. The van der Waals surface area contributed by atoms with Crippen LogP contribution in [0.3, 0.4) is 0 Å². The first-order valence-corrected chi connectivity index (χ1v) is 12.4. The number of nitro groups is 1. The molecule has 0 spiro atoms. The Labute approximate surface area is 224 Å². The van der Waals surface area contributed by atoms with Gasteiger partial charge in [-0.1, -0.05) is 25.5 Å². The molecule has 3 aromatic carbocycles. The van der Waals surface area contributed by atoms with Gasteiger partial charge in [-0.15, -0.1) is 0 Å². The minimum Gasteiger partial charge on any atom is -0.494 e. The zero-order valence-corrected chi connectivity index (χ0v) is 21.4. The molecule has 0 saturated carbocycles. The van der Waals surface area contributed by atoms with E-state index in [0.717, 1.165) is 24.7 Å². The molecule has 1 heterocycles. The SMILES string of the molecule is CCCCOc1ccc(C2=N/C(=C\c3ccc(OC(=O)c4cccc([N+](=O)[O-])c4)c(OCC)c3)C(=O)O2)cc1. The molecular weight excluding hydrogens is 504 g/mol. The van der Waals surface area contributed by atoms with Gasteiger partial charge in [-0.05, 0) is 67.4 Å². The van der Waals surface area contributed by atoms with E-state index in [1.54, 1.807) is 43.3 Å². The Morgan fingerprint density at radius 1 is 1.03 bits per heavy atom. The predicted octanol–water partition coefficient (Wildman–Crippen LogP) is 5.74. The maximum absolute atomic E-state index is 12.6. The topological polar surface area (TPSA) is 127 Å². The molecule has 0 atom stereocenters. The fourth-order valence-corrected chi connectivity index (χ4v) is 3.59. The van der Waals surface area contributed by atoms with Gasteiger partial charge in [0, 0.05) is 17.7 Å². The van der Waals surface area contributed by atoms with Crippen molar-refractivity contribution in [2.24, 2.45) is 4.99 Å². The highest BCUT2D eigenvalue weighted by Crippen LogP contribution is 2.31. The van der Waals surface area contributed by atoms with Crippen molar-refractivity contribution in [3.63, 3.8) is 0 Å². The van der Waals surface area contributed by atoms with Gasteiger partial charge in [0.25, 0.3) is 5.69 Å². The molecule has 0 radical (unpaired) electrons. The van der Waals surface area contributed by atoms with Crippen molar-refractivity contribution in [3.8, 4) is 17.2 Å². The van der Waals surface area contributed by atoms with Crippen LogP contribution in [0.4, 0.5) is 5.69 Å². The van der Waals surface area contributed by atoms with Gasteiger partial charge in [-0.2, -0.15) is 0 Å². The lowest BCUT2D eigenvalue weighted by Gasteiger charge is -2.11. The monoisotopic (exact) mass is 530 g/mol. The number of unbranched alkanes of at least 4 members (excludes halogenated alkanes) is 1. The van der Waals surface area contributed by atoms with Crippen LogP contribution in [0, 0.1) is 10.1 Å². The van der Waals surface area contributed by atoms with Gasteiger partial charge >= 0.3 is 11.9 Å². The summed E-state index contributed by atoms with van der Waals surface area (Å²) in [5, 5.41) is 11.0. The smallest absolute Gasteiger partial charge is 0.363 e. The van der Waals surface area contributed by atoms with Crippen molar-refractivity contribution < 1.29 is 33.5 Å². The van der Waals surface area contributed by atoms with Gasteiger partial charge in [0.15, 0.2) is 17.2 Å². The second-order valence-corrected chi connectivity index (χ2v) is 8.40. The van der Waals surface area contributed by atoms with Crippen LogP contribution in [-0.4, -0.2) is 36.0 Å². The van der Waals surface area contributed by atoms with Crippen molar-refractivity contribution >= 4 is 29.6 Å². The Morgan fingerprint density at radius 3 is 2.54 bits per heavy atom. The fraction of sp³-hybridized carbons (Fsp3) is 0.207. The first kappa shape index (κ1) is 27.1. The number of carbonyl (C=O) groups is 2. The van der Waals surface area contributed by atoms with Crippen LogP contribution in [0.25, 0.3) is 6.08 Å². The molecule has 39 heavy (non-hydrogen) atoms. The Bertz CT molecular complexity index is 1440. The highest BCUT2D eigenvalue weighted by molar-refractivity contribution is 6.12. The standard InChI is InChI=1S/C29H26N2O8/c1-3-5-15-37-23-12-10-20(11-13-23)27-30-24(29(33)39-27)16-19-9-14-25(26(17-19)36-4-2)38-28(32)21-7-6-8-22(18-21)31(34)35/h6-14,16-18H,3-5,15H2,1-2H3/b24-16-. The van der Waals surface area contributed by atoms with Gasteiger partial charge in [-0.25, -0.2) is 14.6 Å². The predicted molar refractivity (Wildman–Crippen MR) is 143 cm³/mol. The van der Waals surface area contributed by atoms with E-state index in [1.807, 2.05) is 0 Å². The number of hydrogen-bond acceptors (Lipinski definition) is 9. The lowest BCUT2D eigenvalue weighted by Crippen LogP contribution is -2.10. The molecule has 0 aliphatic carbocycles. The van der Waals surface area contributed by atoms with E-state index in [4.69, 9.17) is 18.9 Å². The first-order valence-electron chi connectivity index (χ1n) is 12.4. The molecule has 0 amide bonds. The summed E-state index contributed by atoms with van der Waals surface area (Å²) in [4.78, 5) is 39.8. The molecule has 0 fully saturated rings. The summed E-state index contributed by atoms with van der Waals surface area (Å²) in [6.07, 6.45) is 3.54. The van der Waals surface area contributed by atoms with E-state index in [9.17, 15) is 19.7 Å². The normalized spacial score (nSPS) is 13.5. The number of aliphatic imine (C=N–C) groups is 1. The summed E-state index contributed by atoms with van der Waals surface area (Å²) >= 11 is 0. The van der Waals surface area contributed by atoms with Crippen LogP contribution in [-0.2, 0) is 9.53 Å². The Morgan fingerprint density at radius 2 is 1.82 bits per heavy atom. The van der Waals surface area contributed by atoms with Crippen LogP contribution in [0.2, 0.25) is 0 Å². The number of esters is 2. The van der Waals surface area contributed by atoms with Gasteiger partial charge in [0.2, 0.25) is 5.90 Å². The molecule has 4 rings (SSSR count). The molecule has 0 bridgehead atoms. The Kier molecular flexibility index (Phi) is 8.67. The van der Waals surface area contributed by atoms with E-state index in [2.05, 4.69) is 11.9 Å². The number of rotatable bonds is 11. The molecule has 0 N–H and O–H groups in total. The quantitative estimate of drug-likeness (QED) is 0.0767. The summed E-state index contributed by atoms with van der Waals surface area (Å²) < 4.78 is 22.1. The third-order valence-electron chi connectivity index (χ3n) is 5.55. The molecule has 0 saturated heterocycles. The van der Waals surface area contributed by atoms with Crippen LogP contribution in [0.15, 0.2) is 77.4 Å². The average Bonchev–Trinajstić information content (AvgIpc) is 3.30. The molecule has 1 aliphatic heterocycles. The van der Waals surface area contributed by atoms with Gasteiger partial charge in [0.1, 0.15) is 5.75 Å². The number of nitro benzene ring substituents is 1. The van der Waals surface area contributed by atoms with Crippen molar-refractivity contribution in [1.29, 1.82) is 0 Å². The number of benzene rings is 3. The van der Waals surface area contributed by atoms with E-state index in [0.29, 0.717) is 17.7 Å². The number of cyclic esters (lactones) is 1. The second-order valence-electron chi connectivity index (χ2n) is 8.40. The summed E-state index contributed by atoms with van der Waals surface area (Å²) in [5.74, 6) is -0.107. The van der Waals surface area contributed by atoms with Crippen molar-refractivity contribution in [2.45, 2.75) is 26.7 Å². The first-order chi connectivity index (χ1) is 18.9. The Hall–Kier alpha value is -4.99. The minimum atomic E-state index is -0.777. The summed E-state index contributed by atoms with van der Waals surface area (Å²) in [7, 11) is 0. The summed E-state index contributed by atoms with van der Waals surface area (Å²) in [6, 6.07) is 17.1. The fourth-order valence-electron chi connectivity index (χ4n) is 3.59. The van der Waals surface area contributed by atoms with Gasteiger partial charge in [-0.3, -0.25) is 10.1 Å². The lowest BCUT2D eigenvalue weighted by molar-refractivity contribution is -0.384. The van der Waals surface area contributed by atoms with Crippen LogP contribution in [0.1, 0.15) is 48.2 Å². The molecule has 10 nitrogen and oxygen atoms in total. The number of nitrogens with zero attached hydrogens (tertiary/aromatic N) is 2. The minimum absolute atomic E-state index is 0.0222. The van der Waals surface area contributed by atoms with Gasteiger partial charge in [0.05, 0.1) is 23.7 Å². The van der Waals surface area contributed by atoms with E-state index in [-0.39, 0.29) is 41.0 Å². The molecule has 0 aromatic heterocycles. The third kappa shape index (κ3) is 6.86. The molecule has 1 aliphatic rings. The largest absolute Gasteiger partial charge is 0.494 e. The molecular formula is C29H26N2O8. The van der Waals surface area contributed by atoms with Crippen LogP contribution < -0.4 is 14.2 Å². The molecule has 3 aromatic rings. The van der Waals surface area contributed by atoms with Crippen molar-refractivity contribution in [1.82, 2.24) is 0 Å². The molecule has 200 valence electrons. The number of ether oxygens (including phenoxy) is 4.